The van der Waals surface area contributed by atoms with Crippen LogP contribution >= 0.6 is 0 Å². The molecule has 0 spiro atoms. The van der Waals surface area contributed by atoms with Gasteiger partial charge >= 0.3 is 6.03 Å². The number of nitro benzene ring substituents is 1. The number of amides is 2. The summed E-state index contributed by atoms with van der Waals surface area (Å²) in [5.41, 5.74) is 3.28. The average molecular weight is 339 g/mol. The predicted octanol–water partition coefficient (Wildman–Crippen LogP) is 4.58. The summed E-state index contributed by atoms with van der Waals surface area (Å²) in [5, 5.41) is 13.9. The fraction of sp³-hybridized carbons (Fsp3) is 0.316. The number of anilines is 1. The topological polar surface area (TPSA) is 75.5 Å². The Morgan fingerprint density at radius 1 is 1.20 bits per heavy atom. The molecule has 6 heteroatoms. The maximum Gasteiger partial charge on any atom is 0.322 e. The second-order valence-corrected chi connectivity index (χ2v) is 6.34. The summed E-state index contributed by atoms with van der Waals surface area (Å²) < 4.78 is 0. The lowest BCUT2D eigenvalue weighted by atomic mass is 9.99. The number of nitrogens with one attached hydrogen (secondary N) is 1. The Labute approximate surface area is 146 Å². The van der Waals surface area contributed by atoms with E-state index in [4.69, 9.17) is 0 Å². The van der Waals surface area contributed by atoms with Crippen molar-refractivity contribution >= 4 is 17.4 Å². The molecular formula is C19H21N3O3. The highest BCUT2D eigenvalue weighted by Gasteiger charge is 2.31. The number of hydrogen-bond donors (Lipinski definition) is 1. The van der Waals surface area contributed by atoms with Crippen molar-refractivity contribution in [2.75, 3.05) is 11.9 Å². The third-order valence-electron chi connectivity index (χ3n) is 4.80. The van der Waals surface area contributed by atoms with Crippen molar-refractivity contribution in [1.82, 2.24) is 4.90 Å². The van der Waals surface area contributed by atoms with E-state index in [1.807, 2.05) is 17.0 Å². The van der Waals surface area contributed by atoms with E-state index >= 15 is 0 Å². The van der Waals surface area contributed by atoms with Gasteiger partial charge in [-0.15, -0.1) is 0 Å². The molecule has 0 unspecified atom stereocenters. The molecule has 1 aliphatic heterocycles. The van der Waals surface area contributed by atoms with Crippen LogP contribution < -0.4 is 5.32 Å². The number of carbonyl (C=O) groups is 1. The van der Waals surface area contributed by atoms with Gasteiger partial charge in [-0.25, -0.2) is 4.79 Å². The molecule has 2 aromatic carbocycles. The molecule has 1 N–H and O–H groups in total. The Bertz CT molecular complexity index is 819. The molecule has 25 heavy (non-hydrogen) atoms. The van der Waals surface area contributed by atoms with Gasteiger partial charge in [-0.05, 0) is 43.9 Å². The van der Waals surface area contributed by atoms with Gasteiger partial charge < -0.3 is 10.2 Å². The minimum Gasteiger partial charge on any atom is -0.317 e. The first-order chi connectivity index (χ1) is 12.0. The summed E-state index contributed by atoms with van der Waals surface area (Å²) in [5.74, 6) is 0. The Morgan fingerprint density at radius 3 is 2.68 bits per heavy atom. The van der Waals surface area contributed by atoms with Gasteiger partial charge in [-0.1, -0.05) is 30.3 Å². The van der Waals surface area contributed by atoms with Crippen LogP contribution in [0.2, 0.25) is 0 Å². The normalized spacial score (nSPS) is 16.7. The zero-order chi connectivity index (χ0) is 18.0. The zero-order valence-electron chi connectivity index (χ0n) is 14.4. The molecule has 0 aromatic heterocycles. The molecule has 2 aromatic rings. The number of nitrogens with zero attached hydrogens (tertiary/aromatic N) is 2. The summed E-state index contributed by atoms with van der Waals surface area (Å²) in [7, 11) is 0. The first-order valence-corrected chi connectivity index (χ1v) is 8.36. The van der Waals surface area contributed by atoms with E-state index < -0.39 is 4.92 Å². The molecule has 1 heterocycles. The van der Waals surface area contributed by atoms with Gasteiger partial charge in [-0.2, -0.15) is 0 Å². The van der Waals surface area contributed by atoms with E-state index in [1.165, 1.54) is 11.6 Å². The van der Waals surface area contributed by atoms with Crippen LogP contribution in [-0.2, 0) is 0 Å². The zero-order valence-corrected chi connectivity index (χ0v) is 14.4. The Morgan fingerprint density at radius 2 is 1.96 bits per heavy atom. The van der Waals surface area contributed by atoms with Gasteiger partial charge in [0, 0.05) is 12.6 Å². The summed E-state index contributed by atoms with van der Waals surface area (Å²) >= 11 is 0. The van der Waals surface area contributed by atoms with E-state index in [2.05, 4.69) is 24.4 Å². The van der Waals surface area contributed by atoms with Crippen LogP contribution in [0, 0.1) is 24.0 Å². The quantitative estimate of drug-likeness (QED) is 0.657. The van der Waals surface area contributed by atoms with Gasteiger partial charge in [0.1, 0.15) is 0 Å². The summed E-state index contributed by atoms with van der Waals surface area (Å²) in [4.78, 5) is 25.2. The van der Waals surface area contributed by atoms with E-state index in [9.17, 15) is 14.9 Å². The lowest BCUT2D eigenvalue weighted by molar-refractivity contribution is -0.385. The molecule has 2 amide bonds. The van der Waals surface area contributed by atoms with Crippen molar-refractivity contribution < 1.29 is 9.72 Å². The Kier molecular flexibility index (Phi) is 4.70. The monoisotopic (exact) mass is 339 g/mol. The van der Waals surface area contributed by atoms with Crippen LogP contribution in [0.25, 0.3) is 0 Å². The number of likely N-dealkylation sites (tertiary alicyclic amines) is 1. The van der Waals surface area contributed by atoms with Crippen molar-refractivity contribution in [1.29, 1.82) is 0 Å². The lowest BCUT2D eigenvalue weighted by Crippen LogP contribution is -2.34. The Hall–Kier alpha value is -2.89. The standard InChI is InChI=1S/C19H21N3O3/c1-13-7-3-4-8-15(13)18-11-6-12-21(18)19(23)20-16-9-5-10-17(14(16)2)22(24)25/h3-5,7-10,18H,6,11-12H2,1-2H3,(H,20,23)/t18-/m1/s1. The summed E-state index contributed by atoms with van der Waals surface area (Å²) in [6.07, 6.45) is 1.87. The molecule has 3 rings (SSSR count). The first kappa shape index (κ1) is 17.0. The highest BCUT2D eigenvalue weighted by Crippen LogP contribution is 2.34. The van der Waals surface area contributed by atoms with Gasteiger partial charge in [0.15, 0.2) is 0 Å². The van der Waals surface area contributed by atoms with E-state index in [0.29, 0.717) is 17.8 Å². The molecule has 1 atom stereocenters. The molecule has 6 nitrogen and oxygen atoms in total. The van der Waals surface area contributed by atoms with Crippen LogP contribution in [0.15, 0.2) is 42.5 Å². The minimum absolute atomic E-state index is 0.00896. The van der Waals surface area contributed by atoms with Gasteiger partial charge in [0.05, 0.1) is 22.2 Å². The molecule has 1 saturated heterocycles. The maximum atomic E-state index is 12.8. The van der Waals surface area contributed by atoms with Gasteiger partial charge in [0.2, 0.25) is 0 Å². The molecular weight excluding hydrogens is 318 g/mol. The smallest absolute Gasteiger partial charge is 0.317 e. The maximum absolute atomic E-state index is 12.8. The van der Waals surface area contributed by atoms with Crippen molar-refractivity contribution in [3.05, 3.63) is 69.3 Å². The van der Waals surface area contributed by atoms with E-state index in [1.54, 1.807) is 19.1 Å². The molecule has 0 saturated carbocycles. The average Bonchev–Trinajstić information content (AvgIpc) is 3.06. The van der Waals surface area contributed by atoms with Crippen LogP contribution in [0.5, 0.6) is 0 Å². The van der Waals surface area contributed by atoms with Crippen LogP contribution in [0.1, 0.15) is 35.6 Å². The van der Waals surface area contributed by atoms with Crippen molar-refractivity contribution in [2.24, 2.45) is 0 Å². The number of hydrogen-bond acceptors (Lipinski definition) is 3. The second kappa shape index (κ2) is 6.93. The van der Waals surface area contributed by atoms with Crippen molar-refractivity contribution in [2.45, 2.75) is 32.7 Å². The summed E-state index contributed by atoms with van der Waals surface area (Å²) in [6, 6.07) is 12.6. The molecule has 0 bridgehead atoms. The number of benzene rings is 2. The van der Waals surface area contributed by atoms with Gasteiger partial charge in [0.25, 0.3) is 5.69 Å². The molecule has 1 aliphatic rings. The van der Waals surface area contributed by atoms with Crippen LogP contribution in [0.3, 0.4) is 0 Å². The third kappa shape index (κ3) is 3.33. The fourth-order valence-electron chi connectivity index (χ4n) is 3.44. The SMILES string of the molecule is Cc1ccccc1[C@H]1CCCN1C(=O)Nc1cccc([N+](=O)[O-])c1C. The van der Waals surface area contributed by atoms with E-state index in [-0.39, 0.29) is 17.8 Å². The number of nitro groups is 1. The number of urea groups is 1. The minimum atomic E-state index is -0.434. The first-order valence-electron chi connectivity index (χ1n) is 8.36. The molecule has 0 radical (unpaired) electrons. The summed E-state index contributed by atoms with van der Waals surface area (Å²) in [6.45, 7) is 4.38. The van der Waals surface area contributed by atoms with Crippen LogP contribution in [0.4, 0.5) is 16.2 Å². The molecule has 130 valence electrons. The number of carbonyl (C=O) groups excluding carboxylic acids is 1. The van der Waals surface area contributed by atoms with Crippen LogP contribution in [-0.4, -0.2) is 22.4 Å². The highest BCUT2D eigenvalue weighted by atomic mass is 16.6. The van der Waals surface area contributed by atoms with Crippen molar-refractivity contribution in [3.63, 3.8) is 0 Å². The largest absolute Gasteiger partial charge is 0.322 e. The van der Waals surface area contributed by atoms with E-state index in [0.717, 1.165) is 18.4 Å². The second-order valence-electron chi connectivity index (χ2n) is 6.34. The molecule has 0 aliphatic carbocycles. The third-order valence-corrected chi connectivity index (χ3v) is 4.80. The van der Waals surface area contributed by atoms with Gasteiger partial charge in [-0.3, -0.25) is 10.1 Å². The predicted molar refractivity (Wildman–Crippen MR) is 96.7 cm³/mol. The number of aryl methyl sites for hydroxylation is 1. The lowest BCUT2D eigenvalue weighted by Gasteiger charge is -2.26. The molecule has 1 fully saturated rings. The fourth-order valence-corrected chi connectivity index (χ4v) is 3.44. The number of rotatable bonds is 3. The van der Waals surface area contributed by atoms with Crippen molar-refractivity contribution in [3.8, 4) is 0 Å². The Balaban J connectivity index is 1.83. The highest BCUT2D eigenvalue weighted by molar-refractivity contribution is 5.91.